The molecule has 3 aromatic rings. The van der Waals surface area contributed by atoms with E-state index in [1.807, 2.05) is 12.1 Å². The van der Waals surface area contributed by atoms with Crippen LogP contribution < -0.4 is 14.3 Å². The van der Waals surface area contributed by atoms with Crippen molar-refractivity contribution >= 4 is 39.0 Å². The van der Waals surface area contributed by atoms with E-state index in [2.05, 4.69) is 87.1 Å². The van der Waals surface area contributed by atoms with Gasteiger partial charge in [-0.05, 0) is 42.0 Å². The van der Waals surface area contributed by atoms with E-state index < -0.39 is 0 Å². The molecular weight excluding hydrogens is 334 g/mol. The Labute approximate surface area is 150 Å². The van der Waals surface area contributed by atoms with Gasteiger partial charge in [-0.25, -0.2) is 9.44 Å². The molecule has 5 heteroatoms. The van der Waals surface area contributed by atoms with Crippen molar-refractivity contribution in [3.8, 4) is 0 Å². The minimum absolute atomic E-state index is 0.191. The molecule has 24 heavy (non-hydrogen) atoms. The van der Waals surface area contributed by atoms with Gasteiger partial charge in [0.2, 0.25) is 0 Å². The van der Waals surface area contributed by atoms with E-state index in [1.165, 1.54) is 5.56 Å². The zero-order valence-corrected chi connectivity index (χ0v) is 14.6. The number of anilines is 3. The first-order chi connectivity index (χ1) is 11.9. The molecule has 0 amide bonds. The van der Waals surface area contributed by atoms with E-state index in [0.29, 0.717) is 0 Å². The average Bonchev–Trinajstić information content (AvgIpc) is 3.19. The van der Waals surface area contributed by atoms with Crippen LogP contribution in [0.25, 0.3) is 0 Å². The maximum atomic E-state index is 3.34. The van der Waals surface area contributed by atoms with Gasteiger partial charge >= 0.3 is 0 Å². The predicted octanol–water partition coefficient (Wildman–Crippen LogP) is 5.56. The molecule has 3 nitrogen and oxygen atoms in total. The van der Waals surface area contributed by atoms with Crippen LogP contribution in [0.4, 0.5) is 17.1 Å². The van der Waals surface area contributed by atoms with Gasteiger partial charge in [0.1, 0.15) is 6.17 Å². The van der Waals surface area contributed by atoms with E-state index in [0.717, 1.165) is 17.1 Å². The molecule has 2 N–H and O–H groups in total. The fourth-order valence-corrected chi connectivity index (χ4v) is 4.34. The third-order valence-corrected chi connectivity index (χ3v) is 5.46. The molecule has 0 unspecified atom stereocenters. The largest absolute Gasteiger partial charge is 0.311 e. The Balaban J connectivity index is 1.71. The molecule has 1 fully saturated rings. The minimum Gasteiger partial charge on any atom is -0.311 e. The molecule has 1 aliphatic heterocycles. The molecule has 0 saturated carbocycles. The molecule has 0 aliphatic carbocycles. The van der Waals surface area contributed by atoms with Gasteiger partial charge < -0.3 is 4.90 Å². The number of hydrogen-bond donors (Lipinski definition) is 2. The molecule has 0 radical (unpaired) electrons. The van der Waals surface area contributed by atoms with Crippen molar-refractivity contribution in [3.63, 3.8) is 0 Å². The van der Waals surface area contributed by atoms with Crippen LogP contribution in [0.15, 0.2) is 84.9 Å². The lowest BCUT2D eigenvalue weighted by Crippen LogP contribution is -2.18. The summed E-state index contributed by atoms with van der Waals surface area (Å²) >= 11 is 0. The second-order valence-electron chi connectivity index (χ2n) is 5.43. The van der Waals surface area contributed by atoms with E-state index in [1.54, 1.807) is 22.0 Å². The Kier molecular flexibility index (Phi) is 4.76. The zero-order chi connectivity index (χ0) is 16.2. The molecule has 1 aliphatic rings. The van der Waals surface area contributed by atoms with Crippen LogP contribution >= 0.6 is 22.0 Å². The number of benzene rings is 3. The van der Waals surface area contributed by atoms with Gasteiger partial charge in [-0.3, -0.25) is 0 Å². The Hall–Kier alpha value is -1.92. The van der Waals surface area contributed by atoms with Crippen molar-refractivity contribution < 1.29 is 0 Å². The summed E-state index contributed by atoms with van der Waals surface area (Å²) in [6, 6.07) is 29.6. The van der Waals surface area contributed by atoms with Crippen molar-refractivity contribution in [2.24, 2.45) is 0 Å². The number of nitrogens with zero attached hydrogens (tertiary/aromatic N) is 1. The average molecular weight is 352 g/mol. The molecule has 120 valence electrons. The highest BCUT2D eigenvalue weighted by Gasteiger charge is 2.18. The van der Waals surface area contributed by atoms with Crippen molar-refractivity contribution in [1.29, 1.82) is 0 Å². The molecule has 3 aromatic carbocycles. The second-order valence-corrected chi connectivity index (χ2v) is 7.24. The SMILES string of the molecule is c1ccc(N(c2ccccc2)c2ccc(C3NSSN3)cc2)cc1. The lowest BCUT2D eigenvalue weighted by atomic mass is 10.1. The molecular formula is C19H17N3S2. The van der Waals surface area contributed by atoms with Crippen molar-refractivity contribution in [3.05, 3.63) is 90.5 Å². The number of para-hydroxylation sites is 2. The summed E-state index contributed by atoms with van der Waals surface area (Å²) in [4.78, 5) is 2.27. The molecule has 0 atom stereocenters. The first-order valence-corrected chi connectivity index (χ1v) is 9.90. The molecule has 0 bridgehead atoms. The summed E-state index contributed by atoms with van der Waals surface area (Å²) in [7, 11) is 3.25. The monoisotopic (exact) mass is 351 g/mol. The summed E-state index contributed by atoms with van der Waals surface area (Å²) in [5.74, 6) is 0. The van der Waals surface area contributed by atoms with Gasteiger partial charge in [0.25, 0.3) is 0 Å². The smallest absolute Gasteiger partial charge is 0.103 e. The number of hydrogen-bond acceptors (Lipinski definition) is 5. The first kappa shape index (κ1) is 15.6. The summed E-state index contributed by atoms with van der Waals surface area (Å²) in [5, 5.41) is 0. The fraction of sp³-hybridized carbons (Fsp3) is 0.0526. The maximum Gasteiger partial charge on any atom is 0.103 e. The van der Waals surface area contributed by atoms with Gasteiger partial charge in [0.15, 0.2) is 0 Å². The lowest BCUT2D eigenvalue weighted by Gasteiger charge is -2.25. The molecule has 0 aromatic heterocycles. The Morgan fingerprint density at radius 3 is 1.54 bits per heavy atom. The topological polar surface area (TPSA) is 27.3 Å². The third-order valence-electron chi connectivity index (χ3n) is 3.89. The van der Waals surface area contributed by atoms with Crippen LogP contribution in [0.3, 0.4) is 0 Å². The van der Waals surface area contributed by atoms with Crippen LogP contribution in [0.5, 0.6) is 0 Å². The summed E-state index contributed by atoms with van der Waals surface area (Å²) < 4.78 is 6.68. The first-order valence-electron chi connectivity index (χ1n) is 7.75. The van der Waals surface area contributed by atoms with Gasteiger partial charge in [-0.15, -0.1) is 0 Å². The second kappa shape index (κ2) is 7.32. The van der Waals surface area contributed by atoms with E-state index in [4.69, 9.17) is 0 Å². The Morgan fingerprint density at radius 1 is 0.583 bits per heavy atom. The number of nitrogens with one attached hydrogen (secondary N) is 2. The van der Waals surface area contributed by atoms with Crippen LogP contribution in [-0.4, -0.2) is 0 Å². The summed E-state index contributed by atoms with van der Waals surface area (Å²) in [6.07, 6.45) is 0.191. The highest BCUT2D eigenvalue weighted by atomic mass is 33.1. The molecule has 1 saturated heterocycles. The van der Waals surface area contributed by atoms with Crippen LogP contribution in [0.1, 0.15) is 11.7 Å². The lowest BCUT2D eigenvalue weighted by molar-refractivity contribution is 0.680. The standard InChI is InChI=1S/C19H17N3S2/c1-3-7-16(8-4-1)22(17-9-5-2-6-10-17)18-13-11-15(12-14-18)19-20-23-24-21-19/h1-14,19-21H. The predicted molar refractivity (Wildman–Crippen MR) is 105 cm³/mol. The third kappa shape index (κ3) is 3.30. The molecule has 4 rings (SSSR count). The van der Waals surface area contributed by atoms with Gasteiger partial charge in [0.05, 0.1) is 0 Å². The van der Waals surface area contributed by atoms with Crippen LogP contribution in [0.2, 0.25) is 0 Å². The Bertz CT molecular complexity index is 733. The van der Waals surface area contributed by atoms with E-state index in [-0.39, 0.29) is 6.17 Å². The van der Waals surface area contributed by atoms with Gasteiger partial charge in [-0.1, -0.05) is 48.5 Å². The number of rotatable bonds is 4. The van der Waals surface area contributed by atoms with Crippen molar-refractivity contribution in [1.82, 2.24) is 9.44 Å². The van der Waals surface area contributed by atoms with Crippen LogP contribution in [0, 0.1) is 0 Å². The quantitative estimate of drug-likeness (QED) is 0.474. The Morgan fingerprint density at radius 2 is 1.04 bits per heavy atom. The van der Waals surface area contributed by atoms with E-state index >= 15 is 0 Å². The van der Waals surface area contributed by atoms with Crippen molar-refractivity contribution in [2.45, 2.75) is 6.17 Å². The summed E-state index contributed by atoms with van der Waals surface area (Å²) in [6.45, 7) is 0. The van der Waals surface area contributed by atoms with E-state index in [9.17, 15) is 0 Å². The zero-order valence-electron chi connectivity index (χ0n) is 12.9. The molecule has 0 spiro atoms. The van der Waals surface area contributed by atoms with Crippen molar-refractivity contribution in [2.75, 3.05) is 4.90 Å². The minimum atomic E-state index is 0.191. The summed E-state index contributed by atoms with van der Waals surface area (Å²) in [5.41, 5.74) is 4.69. The highest BCUT2D eigenvalue weighted by Crippen LogP contribution is 2.35. The van der Waals surface area contributed by atoms with Crippen LogP contribution in [-0.2, 0) is 0 Å². The normalized spacial score (nSPS) is 14.7. The van der Waals surface area contributed by atoms with Gasteiger partial charge in [0, 0.05) is 39.0 Å². The highest BCUT2D eigenvalue weighted by molar-refractivity contribution is 8.75. The fourth-order valence-electron chi connectivity index (χ4n) is 2.72. The maximum absolute atomic E-state index is 3.34. The molecule has 1 heterocycles. The van der Waals surface area contributed by atoms with Gasteiger partial charge in [-0.2, -0.15) is 0 Å².